The molecule has 1 aliphatic rings. The molecule has 1 fully saturated rings. The molecule has 0 aliphatic carbocycles. The van der Waals surface area contributed by atoms with Crippen LogP contribution in [0.5, 0.6) is 0 Å². The first-order valence-electron chi connectivity index (χ1n) is 7.52. The van der Waals surface area contributed by atoms with Crippen LogP contribution < -0.4 is 10.6 Å². The Labute approximate surface area is 122 Å². The molecule has 4 heteroatoms. The predicted molar refractivity (Wildman–Crippen MR) is 83.1 cm³/mol. The maximum atomic E-state index is 5.84. The van der Waals surface area contributed by atoms with E-state index in [9.17, 15) is 0 Å². The lowest BCUT2D eigenvalue weighted by Crippen LogP contribution is -2.42. The zero-order valence-corrected chi connectivity index (χ0v) is 13.1. The Morgan fingerprint density at radius 1 is 1.40 bits per heavy atom. The molecule has 2 N–H and O–H groups in total. The third-order valence-corrected chi connectivity index (χ3v) is 3.79. The number of hydrogen-bond donors (Lipinski definition) is 1. The summed E-state index contributed by atoms with van der Waals surface area (Å²) in [6, 6.07) is 4.24. The van der Waals surface area contributed by atoms with Gasteiger partial charge in [-0.1, -0.05) is 27.7 Å². The standard InChI is InChI=1S/C16H27N3O/c1-5-13-11-19(6-7-20-13)15-9-12(10-17)8-14(18-15)16(2,3)4/h8-9,13H,5-7,10-11,17H2,1-4H3. The van der Waals surface area contributed by atoms with Crippen LogP contribution in [-0.4, -0.2) is 30.8 Å². The van der Waals surface area contributed by atoms with E-state index in [2.05, 4.69) is 44.7 Å². The van der Waals surface area contributed by atoms with Crippen molar-refractivity contribution in [2.24, 2.45) is 5.73 Å². The van der Waals surface area contributed by atoms with Gasteiger partial charge in [-0.15, -0.1) is 0 Å². The van der Waals surface area contributed by atoms with Gasteiger partial charge >= 0.3 is 0 Å². The Hall–Kier alpha value is -1.13. The molecule has 1 unspecified atom stereocenters. The maximum absolute atomic E-state index is 5.84. The van der Waals surface area contributed by atoms with Crippen molar-refractivity contribution in [2.75, 3.05) is 24.6 Å². The van der Waals surface area contributed by atoms with Crippen LogP contribution in [0.15, 0.2) is 12.1 Å². The van der Waals surface area contributed by atoms with E-state index in [4.69, 9.17) is 15.5 Å². The summed E-state index contributed by atoms with van der Waals surface area (Å²) < 4.78 is 5.74. The van der Waals surface area contributed by atoms with Crippen molar-refractivity contribution >= 4 is 5.82 Å². The zero-order chi connectivity index (χ0) is 14.8. The Bertz CT molecular complexity index is 454. The molecule has 1 aromatic heterocycles. The molecule has 1 aliphatic heterocycles. The van der Waals surface area contributed by atoms with Crippen molar-refractivity contribution in [3.8, 4) is 0 Å². The van der Waals surface area contributed by atoms with Crippen LogP contribution in [-0.2, 0) is 16.7 Å². The molecule has 4 nitrogen and oxygen atoms in total. The number of nitrogens with zero attached hydrogens (tertiary/aromatic N) is 2. The molecule has 20 heavy (non-hydrogen) atoms. The minimum Gasteiger partial charge on any atom is -0.375 e. The fraction of sp³-hybridized carbons (Fsp3) is 0.688. The highest BCUT2D eigenvalue weighted by atomic mass is 16.5. The average molecular weight is 277 g/mol. The summed E-state index contributed by atoms with van der Waals surface area (Å²) in [4.78, 5) is 7.19. The van der Waals surface area contributed by atoms with Crippen LogP contribution in [0.3, 0.4) is 0 Å². The number of morpholine rings is 1. The van der Waals surface area contributed by atoms with Crippen molar-refractivity contribution in [2.45, 2.75) is 52.2 Å². The first kappa shape index (κ1) is 15.3. The SMILES string of the molecule is CCC1CN(c2cc(CN)cc(C(C)(C)C)n2)CCO1. The van der Waals surface area contributed by atoms with Gasteiger partial charge < -0.3 is 15.4 Å². The fourth-order valence-corrected chi connectivity index (χ4v) is 2.41. The van der Waals surface area contributed by atoms with Gasteiger partial charge in [-0.05, 0) is 24.1 Å². The molecule has 0 spiro atoms. The smallest absolute Gasteiger partial charge is 0.129 e. The Kier molecular flexibility index (Phi) is 4.66. The number of ether oxygens (including phenoxy) is 1. The monoisotopic (exact) mass is 277 g/mol. The second kappa shape index (κ2) is 6.10. The van der Waals surface area contributed by atoms with Crippen molar-refractivity contribution < 1.29 is 4.74 Å². The second-order valence-electron chi connectivity index (χ2n) is 6.52. The first-order chi connectivity index (χ1) is 9.44. The molecule has 0 bridgehead atoms. The molecule has 0 amide bonds. The molecule has 1 atom stereocenters. The van der Waals surface area contributed by atoms with Gasteiger partial charge in [0.2, 0.25) is 0 Å². The molecule has 0 radical (unpaired) electrons. The highest BCUT2D eigenvalue weighted by Gasteiger charge is 2.23. The van der Waals surface area contributed by atoms with Gasteiger partial charge in [-0.2, -0.15) is 0 Å². The molecule has 0 aromatic carbocycles. The summed E-state index contributed by atoms with van der Waals surface area (Å²) in [6.45, 7) is 11.9. The lowest BCUT2D eigenvalue weighted by molar-refractivity contribution is 0.0381. The Morgan fingerprint density at radius 3 is 2.75 bits per heavy atom. The van der Waals surface area contributed by atoms with E-state index in [1.54, 1.807) is 0 Å². The lowest BCUT2D eigenvalue weighted by Gasteiger charge is -2.34. The quantitative estimate of drug-likeness (QED) is 0.922. The van der Waals surface area contributed by atoms with Crippen molar-refractivity contribution in [1.82, 2.24) is 4.98 Å². The van der Waals surface area contributed by atoms with E-state index in [1.165, 1.54) is 0 Å². The van der Waals surface area contributed by atoms with Crippen LogP contribution >= 0.6 is 0 Å². The summed E-state index contributed by atoms with van der Waals surface area (Å²) in [5, 5.41) is 0. The predicted octanol–water partition coefficient (Wildman–Crippen LogP) is 2.45. The van der Waals surface area contributed by atoms with Gasteiger partial charge in [0.25, 0.3) is 0 Å². The third-order valence-electron chi connectivity index (χ3n) is 3.79. The van der Waals surface area contributed by atoms with Gasteiger partial charge in [0.05, 0.1) is 12.7 Å². The molecular formula is C16H27N3O. The molecule has 0 saturated carbocycles. The van der Waals surface area contributed by atoms with Gasteiger partial charge in [0.15, 0.2) is 0 Å². The number of aromatic nitrogens is 1. The number of hydrogen-bond acceptors (Lipinski definition) is 4. The van der Waals surface area contributed by atoms with Crippen LogP contribution in [0.4, 0.5) is 5.82 Å². The van der Waals surface area contributed by atoms with Gasteiger partial charge in [0, 0.05) is 30.7 Å². The van der Waals surface area contributed by atoms with E-state index in [-0.39, 0.29) is 5.41 Å². The van der Waals surface area contributed by atoms with Crippen molar-refractivity contribution in [3.63, 3.8) is 0 Å². The van der Waals surface area contributed by atoms with E-state index >= 15 is 0 Å². The molecule has 112 valence electrons. The zero-order valence-electron chi connectivity index (χ0n) is 13.1. The average Bonchev–Trinajstić information content (AvgIpc) is 2.46. The summed E-state index contributed by atoms with van der Waals surface area (Å²) in [7, 11) is 0. The van der Waals surface area contributed by atoms with E-state index in [0.29, 0.717) is 12.6 Å². The van der Waals surface area contributed by atoms with E-state index < -0.39 is 0 Å². The van der Waals surface area contributed by atoms with Crippen LogP contribution in [0, 0.1) is 0 Å². The lowest BCUT2D eigenvalue weighted by atomic mass is 9.90. The molecule has 2 rings (SSSR count). The topological polar surface area (TPSA) is 51.4 Å². The maximum Gasteiger partial charge on any atom is 0.129 e. The summed E-state index contributed by atoms with van der Waals surface area (Å²) >= 11 is 0. The summed E-state index contributed by atoms with van der Waals surface area (Å²) in [6.07, 6.45) is 1.35. The minimum absolute atomic E-state index is 0.0381. The highest BCUT2D eigenvalue weighted by molar-refractivity contribution is 5.44. The fourth-order valence-electron chi connectivity index (χ4n) is 2.41. The largest absolute Gasteiger partial charge is 0.375 e. The number of anilines is 1. The third kappa shape index (κ3) is 3.49. The van der Waals surface area contributed by atoms with Gasteiger partial charge in [-0.25, -0.2) is 4.98 Å². The Balaban J connectivity index is 2.30. The highest BCUT2D eigenvalue weighted by Crippen LogP contribution is 2.26. The van der Waals surface area contributed by atoms with Crippen LogP contribution in [0.1, 0.15) is 45.4 Å². The second-order valence-corrected chi connectivity index (χ2v) is 6.52. The molecule has 2 heterocycles. The molecule has 1 aromatic rings. The minimum atomic E-state index is 0.0381. The summed E-state index contributed by atoms with van der Waals surface area (Å²) in [5.74, 6) is 1.04. The number of nitrogens with two attached hydrogens (primary N) is 1. The number of pyridine rings is 1. The van der Waals surface area contributed by atoms with Gasteiger partial charge in [0.1, 0.15) is 5.82 Å². The first-order valence-corrected chi connectivity index (χ1v) is 7.52. The van der Waals surface area contributed by atoms with E-state index in [1.807, 2.05) is 0 Å². The van der Waals surface area contributed by atoms with Crippen LogP contribution in [0.2, 0.25) is 0 Å². The van der Waals surface area contributed by atoms with Crippen molar-refractivity contribution in [1.29, 1.82) is 0 Å². The Morgan fingerprint density at radius 2 is 2.15 bits per heavy atom. The summed E-state index contributed by atoms with van der Waals surface area (Å²) in [5.41, 5.74) is 8.14. The molecular weight excluding hydrogens is 250 g/mol. The van der Waals surface area contributed by atoms with Crippen molar-refractivity contribution in [3.05, 3.63) is 23.4 Å². The normalized spacial score (nSPS) is 20.2. The molecule has 1 saturated heterocycles. The number of rotatable bonds is 3. The van der Waals surface area contributed by atoms with Gasteiger partial charge in [-0.3, -0.25) is 0 Å². The van der Waals surface area contributed by atoms with Crippen LogP contribution in [0.25, 0.3) is 0 Å². The van der Waals surface area contributed by atoms with E-state index in [0.717, 1.165) is 43.2 Å².